The Morgan fingerprint density at radius 3 is 2.70 bits per heavy atom. The van der Waals surface area contributed by atoms with Gasteiger partial charge < -0.3 is 5.32 Å². The Balaban J connectivity index is 1.50. The van der Waals surface area contributed by atoms with Crippen LogP contribution in [0, 0.1) is 6.92 Å². The number of aryl methyl sites for hydroxylation is 1. The summed E-state index contributed by atoms with van der Waals surface area (Å²) in [7, 11) is 0. The average Bonchev–Trinajstić information content (AvgIpc) is 3.02. The fourth-order valence-electron chi connectivity index (χ4n) is 2.70. The van der Waals surface area contributed by atoms with Gasteiger partial charge in [-0.25, -0.2) is 0 Å². The van der Waals surface area contributed by atoms with Gasteiger partial charge in [-0.2, -0.15) is 0 Å². The largest absolute Gasteiger partial charge is 0.357 e. The molecule has 0 spiro atoms. The van der Waals surface area contributed by atoms with Gasteiger partial charge >= 0.3 is 0 Å². The van der Waals surface area contributed by atoms with Crippen molar-refractivity contribution in [2.75, 3.05) is 11.1 Å². The Hall–Kier alpha value is -1.40. The summed E-state index contributed by atoms with van der Waals surface area (Å²) >= 11 is 3.01. The first-order valence-corrected chi connectivity index (χ1v) is 9.83. The molecule has 0 saturated heterocycles. The van der Waals surface area contributed by atoms with Crippen LogP contribution >= 0.6 is 23.1 Å². The maximum absolute atomic E-state index is 12.2. The SMILES string of the molecule is Cc1ccc(C(=O)CSc2nnc(NC3CCCCC3)s2)cc1. The van der Waals surface area contributed by atoms with Crippen LogP contribution in [0.3, 0.4) is 0 Å². The predicted molar refractivity (Wildman–Crippen MR) is 96.6 cm³/mol. The topological polar surface area (TPSA) is 54.9 Å². The smallest absolute Gasteiger partial charge is 0.206 e. The number of hydrogen-bond donors (Lipinski definition) is 1. The normalized spacial score (nSPS) is 15.5. The third kappa shape index (κ3) is 4.78. The van der Waals surface area contributed by atoms with E-state index in [1.54, 1.807) is 11.3 Å². The molecule has 0 atom stereocenters. The zero-order valence-corrected chi connectivity index (χ0v) is 14.9. The van der Waals surface area contributed by atoms with Crippen molar-refractivity contribution in [2.45, 2.75) is 49.4 Å². The van der Waals surface area contributed by atoms with E-state index in [9.17, 15) is 4.79 Å². The molecule has 4 nitrogen and oxygen atoms in total. The summed E-state index contributed by atoms with van der Waals surface area (Å²) in [6, 6.07) is 8.23. The first-order chi connectivity index (χ1) is 11.2. The minimum Gasteiger partial charge on any atom is -0.357 e. The van der Waals surface area contributed by atoms with Gasteiger partial charge in [0.25, 0.3) is 0 Å². The van der Waals surface area contributed by atoms with Crippen LogP contribution in [-0.2, 0) is 0 Å². The molecule has 1 fully saturated rings. The molecule has 0 radical (unpaired) electrons. The average molecular weight is 348 g/mol. The number of anilines is 1. The molecule has 1 aliphatic rings. The Kier molecular flexibility index (Phi) is 5.67. The molecule has 23 heavy (non-hydrogen) atoms. The molecule has 2 aromatic rings. The Morgan fingerprint density at radius 2 is 1.96 bits per heavy atom. The Bertz CT molecular complexity index is 648. The van der Waals surface area contributed by atoms with Crippen LogP contribution in [0.15, 0.2) is 28.6 Å². The van der Waals surface area contributed by atoms with Gasteiger partial charge in [0.1, 0.15) is 0 Å². The van der Waals surface area contributed by atoms with E-state index >= 15 is 0 Å². The van der Waals surface area contributed by atoms with Gasteiger partial charge in [0.15, 0.2) is 10.1 Å². The molecular weight excluding hydrogens is 326 g/mol. The van der Waals surface area contributed by atoms with Crippen LogP contribution in [-0.4, -0.2) is 27.8 Å². The third-order valence-corrected chi connectivity index (χ3v) is 6.03. The maximum Gasteiger partial charge on any atom is 0.206 e. The molecule has 1 aromatic carbocycles. The van der Waals surface area contributed by atoms with Gasteiger partial charge in [-0.3, -0.25) is 4.79 Å². The minimum absolute atomic E-state index is 0.131. The van der Waals surface area contributed by atoms with Crippen molar-refractivity contribution >= 4 is 34.0 Å². The van der Waals surface area contributed by atoms with Gasteiger partial charge in [-0.1, -0.05) is 72.2 Å². The molecule has 3 rings (SSSR count). The van der Waals surface area contributed by atoms with Crippen LogP contribution < -0.4 is 5.32 Å². The monoisotopic (exact) mass is 347 g/mol. The van der Waals surface area contributed by atoms with Crippen LogP contribution in [0.1, 0.15) is 48.0 Å². The van der Waals surface area contributed by atoms with Crippen molar-refractivity contribution in [1.82, 2.24) is 10.2 Å². The van der Waals surface area contributed by atoms with E-state index in [2.05, 4.69) is 15.5 Å². The highest BCUT2D eigenvalue weighted by molar-refractivity contribution is 8.01. The van der Waals surface area contributed by atoms with E-state index in [1.165, 1.54) is 43.9 Å². The summed E-state index contributed by atoms with van der Waals surface area (Å²) in [4.78, 5) is 12.2. The summed E-state index contributed by atoms with van der Waals surface area (Å²) in [6.45, 7) is 2.02. The Morgan fingerprint density at radius 1 is 1.22 bits per heavy atom. The standard InChI is InChI=1S/C17H21N3OS2/c1-12-7-9-13(10-8-12)15(21)11-22-17-20-19-16(23-17)18-14-5-3-2-4-6-14/h7-10,14H,2-6,11H2,1H3,(H,18,19). The number of thioether (sulfide) groups is 1. The van der Waals surface area contributed by atoms with Gasteiger partial charge in [0.05, 0.1) is 5.75 Å². The first-order valence-electron chi connectivity index (χ1n) is 8.03. The van der Waals surface area contributed by atoms with Gasteiger partial charge in [-0.15, -0.1) is 10.2 Å². The van der Waals surface area contributed by atoms with Crippen LogP contribution in [0.5, 0.6) is 0 Å². The number of Topliss-reactive ketones (excluding diaryl/α,β-unsaturated/α-hetero) is 1. The number of hydrogen-bond acceptors (Lipinski definition) is 6. The predicted octanol–water partition coefficient (Wildman–Crippen LogP) is 4.57. The van der Waals surface area contributed by atoms with E-state index in [4.69, 9.17) is 0 Å². The number of nitrogens with zero attached hydrogens (tertiary/aromatic N) is 2. The summed E-state index contributed by atoms with van der Waals surface area (Å²) < 4.78 is 0.851. The number of carbonyl (C=O) groups excluding carboxylic acids is 1. The lowest BCUT2D eigenvalue weighted by Crippen LogP contribution is -2.21. The van der Waals surface area contributed by atoms with Gasteiger partial charge in [0.2, 0.25) is 5.13 Å². The van der Waals surface area contributed by atoms with Crippen molar-refractivity contribution in [2.24, 2.45) is 0 Å². The molecule has 122 valence electrons. The van der Waals surface area contributed by atoms with Crippen LogP contribution in [0.2, 0.25) is 0 Å². The fourth-order valence-corrected chi connectivity index (χ4v) is 4.42. The molecule has 1 aliphatic carbocycles. The zero-order valence-electron chi connectivity index (χ0n) is 13.2. The maximum atomic E-state index is 12.2. The highest BCUT2D eigenvalue weighted by Crippen LogP contribution is 2.28. The lowest BCUT2D eigenvalue weighted by molar-refractivity contribution is 0.102. The van der Waals surface area contributed by atoms with E-state index in [1.807, 2.05) is 31.2 Å². The van der Waals surface area contributed by atoms with Crippen LogP contribution in [0.25, 0.3) is 0 Å². The number of nitrogens with one attached hydrogen (secondary N) is 1. The molecule has 0 amide bonds. The molecule has 1 N–H and O–H groups in total. The van der Waals surface area contributed by atoms with Crippen molar-refractivity contribution in [3.05, 3.63) is 35.4 Å². The molecule has 0 unspecified atom stereocenters. The quantitative estimate of drug-likeness (QED) is 0.613. The van der Waals surface area contributed by atoms with E-state index in [0.29, 0.717) is 11.8 Å². The van der Waals surface area contributed by atoms with Gasteiger partial charge in [-0.05, 0) is 19.8 Å². The van der Waals surface area contributed by atoms with E-state index in [0.717, 1.165) is 20.6 Å². The number of benzene rings is 1. The second-order valence-corrected chi connectivity index (χ2v) is 8.13. The summed E-state index contributed by atoms with van der Waals surface area (Å²) in [6.07, 6.45) is 6.37. The minimum atomic E-state index is 0.131. The van der Waals surface area contributed by atoms with Crippen molar-refractivity contribution < 1.29 is 4.79 Å². The summed E-state index contributed by atoms with van der Waals surface area (Å²) in [5, 5.41) is 12.7. The molecular formula is C17H21N3OS2. The third-order valence-electron chi connectivity index (χ3n) is 4.04. The summed E-state index contributed by atoms with van der Waals surface area (Å²) in [5.41, 5.74) is 1.92. The second-order valence-electron chi connectivity index (χ2n) is 5.93. The molecule has 6 heteroatoms. The van der Waals surface area contributed by atoms with Gasteiger partial charge in [0, 0.05) is 11.6 Å². The van der Waals surface area contributed by atoms with Crippen molar-refractivity contribution in [3.8, 4) is 0 Å². The number of carbonyl (C=O) groups is 1. The van der Waals surface area contributed by atoms with Crippen LogP contribution in [0.4, 0.5) is 5.13 Å². The van der Waals surface area contributed by atoms with Crippen molar-refractivity contribution in [3.63, 3.8) is 0 Å². The molecule has 0 aliphatic heterocycles. The first kappa shape index (κ1) is 16.5. The molecule has 1 heterocycles. The lowest BCUT2D eigenvalue weighted by Gasteiger charge is -2.21. The molecule has 1 aromatic heterocycles. The number of rotatable bonds is 6. The second kappa shape index (κ2) is 7.93. The molecule has 0 bridgehead atoms. The fraction of sp³-hybridized carbons (Fsp3) is 0.471. The highest BCUT2D eigenvalue weighted by atomic mass is 32.2. The highest BCUT2D eigenvalue weighted by Gasteiger charge is 2.15. The number of ketones is 1. The van der Waals surface area contributed by atoms with E-state index < -0.39 is 0 Å². The lowest BCUT2D eigenvalue weighted by atomic mass is 9.96. The van der Waals surface area contributed by atoms with E-state index in [-0.39, 0.29) is 5.78 Å². The molecule has 1 saturated carbocycles. The zero-order chi connectivity index (χ0) is 16.1. The van der Waals surface area contributed by atoms with Crippen molar-refractivity contribution in [1.29, 1.82) is 0 Å². The Labute approximate surface area is 145 Å². The number of aromatic nitrogens is 2. The summed E-state index contributed by atoms with van der Waals surface area (Å²) in [5.74, 6) is 0.535.